The van der Waals surface area contributed by atoms with Gasteiger partial charge < -0.3 is 14.5 Å². The molecule has 0 radical (unpaired) electrons. The van der Waals surface area contributed by atoms with Crippen LogP contribution >= 0.6 is 0 Å². The van der Waals surface area contributed by atoms with E-state index < -0.39 is 0 Å². The molecule has 2 aromatic heterocycles. The molecule has 3 heterocycles. The molecular formula is C20H28N4O3. The molecule has 1 atom stereocenters. The summed E-state index contributed by atoms with van der Waals surface area (Å²) < 4.78 is 5.30. The van der Waals surface area contributed by atoms with E-state index in [0.29, 0.717) is 12.3 Å². The number of piperidine rings is 1. The number of pyridine rings is 1. The summed E-state index contributed by atoms with van der Waals surface area (Å²) in [6, 6.07) is 3.93. The molecule has 0 aliphatic carbocycles. The van der Waals surface area contributed by atoms with E-state index in [0.717, 1.165) is 54.1 Å². The van der Waals surface area contributed by atoms with E-state index in [1.165, 1.54) is 0 Å². The van der Waals surface area contributed by atoms with Gasteiger partial charge >= 0.3 is 0 Å². The van der Waals surface area contributed by atoms with E-state index in [4.69, 9.17) is 9.51 Å². The molecule has 27 heavy (non-hydrogen) atoms. The summed E-state index contributed by atoms with van der Waals surface area (Å²) in [5.41, 5.74) is 4.13. The summed E-state index contributed by atoms with van der Waals surface area (Å²) >= 11 is 0. The minimum atomic E-state index is -0.0825. The number of aliphatic hydroxyl groups is 1. The molecule has 0 spiro atoms. The topological polar surface area (TPSA) is 82.7 Å². The van der Waals surface area contributed by atoms with Gasteiger partial charge in [0.05, 0.1) is 30.1 Å². The van der Waals surface area contributed by atoms with E-state index in [9.17, 15) is 9.90 Å². The van der Waals surface area contributed by atoms with E-state index >= 15 is 0 Å². The van der Waals surface area contributed by atoms with E-state index in [1.54, 1.807) is 19.0 Å². The largest absolute Gasteiger partial charge is 0.392 e. The summed E-state index contributed by atoms with van der Waals surface area (Å²) in [6.45, 7) is 5.85. The SMILES string of the molecule is Cc1noc(C)c1-c1nc([C@H]2CCCN(CC(=O)N(C)C)C2)ccc1CO. The Morgan fingerprint density at radius 3 is 2.78 bits per heavy atom. The maximum absolute atomic E-state index is 12.0. The molecule has 146 valence electrons. The lowest BCUT2D eigenvalue weighted by Gasteiger charge is -2.32. The maximum atomic E-state index is 12.0. The molecule has 0 aromatic carbocycles. The molecule has 7 nitrogen and oxygen atoms in total. The number of amides is 1. The number of carbonyl (C=O) groups excluding carboxylic acids is 1. The zero-order valence-corrected chi connectivity index (χ0v) is 16.5. The van der Waals surface area contributed by atoms with Crippen LogP contribution in [-0.2, 0) is 11.4 Å². The van der Waals surface area contributed by atoms with Crippen LogP contribution in [0.25, 0.3) is 11.3 Å². The average molecular weight is 372 g/mol. The summed E-state index contributed by atoms with van der Waals surface area (Å²) in [5.74, 6) is 1.09. The highest BCUT2D eigenvalue weighted by molar-refractivity contribution is 5.77. The highest BCUT2D eigenvalue weighted by Gasteiger charge is 2.26. The van der Waals surface area contributed by atoms with Gasteiger partial charge in [-0.15, -0.1) is 0 Å². The van der Waals surface area contributed by atoms with Crippen molar-refractivity contribution in [2.45, 2.75) is 39.2 Å². The number of likely N-dealkylation sites (tertiary alicyclic amines) is 1. The number of aliphatic hydroxyl groups excluding tert-OH is 1. The van der Waals surface area contributed by atoms with Crippen LogP contribution < -0.4 is 0 Å². The van der Waals surface area contributed by atoms with Crippen molar-refractivity contribution in [1.29, 1.82) is 0 Å². The smallest absolute Gasteiger partial charge is 0.236 e. The van der Waals surface area contributed by atoms with Crippen LogP contribution in [0.3, 0.4) is 0 Å². The Balaban J connectivity index is 1.87. The third-order valence-corrected chi connectivity index (χ3v) is 5.22. The predicted molar refractivity (Wildman–Crippen MR) is 102 cm³/mol. The van der Waals surface area contributed by atoms with Crippen LogP contribution in [0, 0.1) is 13.8 Å². The van der Waals surface area contributed by atoms with Crippen LogP contribution in [0.2, 0.25) is 0 Å². The van der Waals surface area contributed by atoms with Crippen LogP contribution in [-0.4, -0.2) is 64.7 Å². The van der Waals surface area contributed by atoms with Crippen molar-refractivity contribution in [3.63, 3.8) is 0 Å². The minimum absolute atomic E-state index is 0.0825. The van der Waals surface area contributed by atoms with E-state index in [1.807, 2.05) is 26.0 Å². The van der Waals surface area contributed by atoms with Gasteiger partial charge in [0.15, 0.2) is 0 Å². The first-order valence-corrected chi connectivity index (χ1v) is 9.37. The fourth-order valence-electron chi connectivity index (χ4n) is 3.67. The highest BCUT2D eigenvalue weighted by atomic mass is 16.5. The first-order chi connectivity index (χ1) is 12.9. The summed E-state index contributed by atoms with van der Waals surface area (Å²) in [5, 5.41) is 13.8. The Labute approximate surface area is 160 Å². The van der Waals surface area contributed by atoms with Gasteiger partial charge in [0, 0.05) is 37.8 Å². The summed E-state index contributed by atoms with van der Waals surface area (Å²) in [4.78, 5) is 20.8. The standard InChI is InChI=1S/C20H28N4O3/c1-13-19(14(2)27-22-13)20-16(12-25)7-8-17(21-20)15-6-5-9-24(10-15)11-18(26)23(3)4/h7-8,15,25H,5-6,9-12H2,1-4H3/t15-/m0/s1. The van der Waals surface area contributed by atoms with Gasteiger partial charge in [-0.1, -0.05) is 11.2 Å². The number of carbonyl (C=O) groups is 1. The average Bonchev–Trinajstić information content (AvgIpc) is 2.99. The molecule has 1 aliphatic heterocycles. The Bertz CT molecular complexity index is 796. The summed E-state index contributed by atoms with van der Waals surface area (Å²) in [6.07, 6.45) is 2.08. The number of aryl methyl sites for hydroxylation is 2. The van der Waals surface area contributed by atoms with Crippen LogP contribution in [0.15, 0.2) is 16.7 Å². The van der Waals surface area contributed by atoms with E-state index in [-0.39, 0.29) is 18.4 Å². The molecule has 0 saturated carbocycles. The Morgan fingerprint density at radius 1 is 1.37 bits per heavy atom. The van der Waals surface area contributed by atoms with Gasteiger partial charge in [-0.25, -0.2) is 0 Å². The van der Waals surface area contributed by atoms with Crippen molar-refractivity contribution >= 4 is 5.91 Å². The van der Waals surface area contributed by atoms with Crippen molar-refractivity contribution in [3.05, 3.63) is 34.8 Å². The molecular weight excluding hydrogens is 344 g/mol. The quantitative estimate of drug-likeness (QED) is 0.866. The van der Waals surface area contributed by atoms with Crippen LogP contribution in [0.4, 0.5) is 0 Å². The number of rotatable bonds is 5. The summed E-state index contributed by atoms with van der Waals surface area (Å²) in [7, 11) is 3.57. The van der Waals surface area contributed by atoms with Crippen molar-refractivity contribution in [3.8, 4) is 11.3 Å². The second-order valence-corrected chi connectivity index (χ2v) is 7.46. The molecule has 0 unspecified atom stereocenters. The van der Waals surface area contributed by atoms with Crippen LogP contribution in [0.1, 0.15) is 41.5 Å². The zero-order valence-electron chi connectivity index (χ0n) is 16.5. The van der Waals surface area contributed by atoms with Crippen molar-refractivity contribution < 1.29 is 14.4 Å². The molecule has 2 aromatic rings. The van der Waals surface area contributed by atoms with Gasteiger partial charge in [0.2, 0.25) is 5.91 Å². The Kier molecular flexibility index (Phi) is 5.92. The Morgan fingerprint density at radius 2 is 2.15 bits per heavy atom. The monoisotopic (exact) mass is 372 g/mol. The number of hydrogen-bond acceptors (Lipinski definition) is 6. The first-order valence-electron chi connectivity index (χ1n) is 9.37. The first kappa shape index (κ1) is 19.5. The number of likely N-dealkylation sites (N-methyl/N-ethyl adjacent to an activating group) is 1. The molecule has 7 heteroatoms. The van der Waals surface area contributed by atoms with Gasteiger partial charge in [-0.3, -0.25) is 14.7 Å². The van der Waals surface area contributed by atoms with E-state index in [2.05, 4.69) is 10.1 Å². The van der Waals surface area contributed by atoms with Crippen LogP contribution in [0.5, 0.6) is 0 Å². The fraction of sp³-hybridized carbons (Fsp3) is 0.550. The van der Waals surface area contributed by atoms with Gasteiger partial charge in [-0.2, -0.15) is 0 Å². The normalized spacial score (nSPS) is 17.9. The molecule has 0 bridgehead atoms. The lowest BCUT2D eigenvalue weighted by atomic mass is 9.93. The molecule has 1 amide bonds. The molecule has 1 fully saturated rings. The predicted octanol–water partition coefficient (Wildman–Crippen LogP) is 2.11. The van der Waals surface area contributed by atoms with Crippen molar-refractivity contribution in [2.24, 2.45) is 0 Å². The number of aromatic nitrogens is 2. The maximum Gasteiger partial charge on any atom is 0.236 e. The number of nitrogens with zero attached hydrogens (tertiary/aromatic N) is 4. The lowest BCUT2D eigenvalue weighted by molar-refractivity contribution is -0.130. The van der Waals surface area contributed by atoms with Crippen molar-refractivity contribution in [1.82, 2.24) is 19.9 Å². The molecule has 1 aliphatic rings. The zero-order chi connectivity index (χ0) is 19.6. The van der Waals surface area contributed by atoms with Crippen molar-refractivity contribution in [2.75, 3.05) is 33.7 Å². The fourth-order valence-corrected chi connectivity index (χ4v) is 3.67. The van der Waals surface area contributed by atoms with Gasteiger partial charge in [0.25, 0.3) is 0 Å². The molecule has 1 saturated heterocycles. The molecule has 3 rings (SSSR count). The Hall–Kier alpha value is -2.25. The molecule has 1 N–H and O–H groups in total. The second kappa shape index (κ2) is 8.19. The van der Waals surface area contributed by atoms with Gasteiger partial charge in [0.1, 0.15) is 5.76 Å². The number of hydrogen-bond donors (Lipinski definition) is 1. The second-order valence-electron chi connectivity index (χ2n) is 7.46. The third-order valence-electron chi connectivity index (χ3n) is 5.22. The van der Waals surface area contributed by atoms with Gasteiger partial charge in [-0.05, 0) is 39.3 Å². The highest BCUT2D eigenvalue weighted by Crippen LogP contribution is 2.32. The lowest BCUT2D eigenvalue weighted by Crippen LogP contribution is -2.41. The third kappa shape index (κ3) is 4.20. The minimum Gasteiger partial charge on any atom is -0.392 e.